The average Bonchev–Trinajstić information content (AvgIpc) is 3.22. The summed E-state index contributed by atoms with van der Waals surface area (Å²) in [6, 6.07) is 9.79. The number of nitrogens with one attached hydrogen (secondary N) is 3. The lowest BCUT2D eigenvalue weighted by atomic mass is 10.0. The van der Waals surface area contributed by atoms with Crippen LogP contribution in [0.4, 0.5) is 4.79 Å². The zero-order valence-corrected chi connectivity index (χ0v) is 16.9. The van der Waals surface area contributed by atoms with Crippen LogP contribution in [0.25, 0.3) is 0 Å². The summed E-state index contributed by atoms with van der Waals surface area (Å²) in [6.45, 7) is 6.12. The molecule has 0 radical (unpaired) electrons. The van der Waals surface area contributed by atoms with Gasteiger partial charge in [-0.15, -0.1) is 0 Å². The third-order valence-corrected chi connectivity index (χ3v) is 4.16. The van der Waals surface area contributed by atoms with Crippen molar-refractivity contribution in [1.82, 2.24) is 16.0 Å². The van der Waals surface area contributed by atoms with E-state index in [1.807, 2.05) is 19.9 Å². The van der Waals surface area contributed by atoms with Crippen LogP contribution in [0, 0.1) is 5.92 Å². The number of hydrogen-bond donors (Lipinski definition) is 3. The highest BCUT2D eigenvalue weighted by atomic mass is 16.5. The van der Waals surface area contributed by atoms with Crippen molar-refractivity contribution in [2.45, 2.75) is 39.9 Å². The van der Waals surface area contributed by atoms with Crippen molar-refractivity contribution < 1.29 is 23.5 Å². The Hall–Kier alpha value is -3.29. The molecular formula is C21H27N3O5. The molecule has 1 unspecified atom stereocenters. The Morgan fingerprint density at radius 2 is 1.86 bits per heavy atom. The Labute approximate surface area is 170 Å². The normalized spacial score (nSPS) is 11.6. The summed E-state index contributed by atoms with van der Waals surface area (Å²) >= 11 is 0. The van der Waals surface area contributed by atoms with Crippen molar-refractivity contribution in [3.05, 3.63) is 59.5 Å². The number of ether oxygens (including phenoxy) is 1. The molecule has 29 heavy (non-hydrogen) atoms. The number of hydrogen-bond acceptors (Lipinski definition) is 5. The topological polar surface area (TPSA) is 110 Å². The first kappa shape index (κ1) is 22.0. The monoisotopic (exact) mass is 401 g/mol. The van der Waals surface area contributed by atoms with Crippen LogP contribution >= 0.6 is 0 Å². The number of amides is 3. The summed E-state index contributed by atoms with van der Waals surface area (Å²) < 4.78 is 10.0. The molecular weight excluding hydrogens is 374 g/mol. The summed E-state index contributed by atoms with van der Waals surface area (Å²) in [5.74, 6) is -0.00643. The number of rotatable bonds is 9. The van der Waals surface area contributed by atoms with Gasteiger partial charge in [0.2, 0.25) is 5.91 Å². The van der Waals surface area contributed by atoms with Crippen LogP contribution in [0.2, 0.25) is 0 Å². The third-order valence-electron chi connectivity index (χ3n) is 4.16. The molecule has 0 saturated heterocycles. The molecule has 1 heterocycles. The highest BCUT2D eigenvalue weighted by molar-refractivity contribution is 5.94. The first-order chi connectivity index (χ1) is 13.9. The molecule has 8 heteroatoms. The molecule has 1 atom stereocenters. The van der Waals surface area contributed by atoms with E-state index in [0.717, 1.165) is 5.56 Å². The van der Waals surface area contributed by atoms with E-state index in [2.05, 4.69) is 16.0 Å². The molecule has 0 saturated carbocycles. The van der Waals surface area contributed by atoms with Gasteiger partial charge in [0.1, 0.15) is 11.8 Å². The van der Waals surface area contributed by atoms with Gasteiger partial charge >= 0.3 is 6.09 Å². The fraction of sp³-hybridized carbons (Fsp3) is 0.381. The Bertz CT molecular complexity index is 817. The van der Waals surface area contributed by atoms with Crippen molar-refractivity contribution in [3.63, 3.8) is 0 Å². The largest absolute Gasteiger partial charge is 0.467 e. The minimum atomic E-state index is -0.714. The molecule has 1 aromatic carbocycles. The van der Waals surface area contributed by atoms with Crippen LogP contribution < -0.4 is 16.0 Å². The van der Waals surface area contributed by atoms with Gasteiger partial charge in [0.05, 0.1) is 19.4 Å². The first-order valence-electron chi connectivity index (χ1n) is 9.51. The molecule has 8 nitrogen and oxygen atoms in total. The van der Waals surface area contributed by atoms with Crippen LogP contribution in [0.5, 0.6) is 0 Å². The molecule has 0 aliphatic heterocycles. The maximum absolute atomic E-state index is 12.5. The molecule has 0 spiro atoms. The second kappa shape index (κ2) is 10.9. The van der Waals surface area contributed by atoms with Crippen molar-refractivity contribution in [2.24, 2.45) is 5.92 Å². The zero-order valence-electron chi connectivity index (χ0n) is 16.9. The minimum Gasteiger partial charge on any atom is -0.467 e. The van der Waals surface area contributed by atoms with Crippen molar-refractivity contribution in [3.8, 4) is 0 Å². The van der Waals surface area contributed by atoms with Gasteiger partial charge in [-0.05, 0) is 42.7 Å². The minimum absolute atomic E-state index is 0.113. The third kappa shape index (κ3) is 6.99. The summed E-state index contributed by atoms with van der Waals surface area (Å²) in [5.41, 5.74) is 1.25. The van der Waals surface area contributed by atoms with Crippen molar-refractivity contribution in [2.75, 3.05) is 6.61 Å². The van der Waals surface area contributed by atoms with E-state index in [-0.39, 0.29) is 30.9 Å². The van der Waals surface area contributed by atoms with Gasteiger partial charge in [-0.1, -0.05) is 26.0 Å². The molecule has 2 rings (SSSR count). The molecule has 156 valence electrons. The molecule has 3 amide bonds. The predicted molar refractivity (Wildman–Crippen MR) is 107 cm³/mol. The van der Waals surface area contributed by atoms with Crippen molar-refractivity contribution >= 4 is 17.9 Å². The highest BCUT2D eigenvalue weighted by Gasteiger charge is 2.24. The zero-order chi connectivity index (χ0) is 21.2. The van der Waals surface area contributed by atoms with Crippen LogP contribution in [-0.2, 0) is 22.6 Å². The van der Waals surface area contributed by atoms with Crippen molar-refractivity contribution in [1.29, 1.82) is 0 Å². The first-order valence-corrected chi connectivity index (χ1v) is 9.51. The molecule has 0 fully saturated rings. The van der Waals surface area contributed by atoms with Gasteiger partial charge in [-0.3, -0.25) is 9.59 Å². The summed E-state index contributed by atoms with van der Waals surface area (Å²) in [7, 11) is 0. The maximum atomic E-state index is 12.5. The fourth-order valence-corrected chi connectivity index (χ4v) is 2.64. The van der Waals surface area contributed by atoms with E-state index in [1.165, 1.54) is 0 Å². The molecule has 0 aliphatic carbocycles. The molecule has 0 bridgehead atoms. The van der Waals surface area contributed by atoms with Crippen LogP contribution in [0.1, 0.15) is 42.5 Å². The van der Waals surface area contributed by atoms with Gasteiger partial charge in [-0.25, -0.2) is 4.79 Å². The quantitative estimate of drug-likeness (QED) is 0.598. The van der Waals surface area contributed by atoms with E-state index >= 15 is 0 Å². The number of alkyl carbamates (subject to hydrolysis) is 1. The Kier molecular flexibility index (Phi) is 8.27. The van der Waals surface area contributed by atoms with E-state index < -0.39 is 12.1 Å². The number of furan rings is 1. The van der Waals surface area contributed by atoms with Gasteiger partial charge in [-0.2, -0.15) is 0 Å². The number of benzene rings is 1. The average molecular weight is 401 g/mol. The van der Waals surface area contributed by atoms with Crippen LogP contribution in [0.15, 0.2) is 47.1 Å². The summed E-state index contributed by atoms with van der Waals surface area (Å²) in [6.07, 6.45) is 0.919. The Morgan fingerprint density at radius 1 is 1.07 bits per heavy atom. The lowest BCUT2D eigenvalue weighted by molar-refractivity contribution is -0.124. The van der Waals surface area contributed by atoms with Gasteiger partial charge in [0, 0.05) is 12.1 Å². The number of carbonyl (C=O) groups is 3. The fourth-order valence-electron chi connectivity index (χ4n) is 2.64. The summed E-state index contributed by atoms with van der Waals surface area (Å²) in [4.78, 5) is 36.4. The number of carbonyl (C=O) groups excluding carboxylic acids is 3. The Balaban J connectivity index is 1.92. The standard InChI is InChI=1S/C21H27N3O5/c1-4-28-21(27)24-18(14(2)3)20(26)22-12-15-7-5-8-16(11-15)19(25)23-13-17-9-6-10-29-17/h5-11,14,18H,4,12-13H2,1-3H3,(H,22,26)(H,23,25)(H,24,27). The molecule has 3 N–H and O–H groups in total. The lowest BCUT2D eigenvalue weighted by Crippen LogP contribution is -2.49. The van der Waals surface area contributed by atoms with E-state index in [1.54, 1.807) is 43.5 Å². The highest BCUT2D eigenvalue weighted by Crippen LogP contribution is 2.08. The summed E-state index contributed by atoms with van der Waals surface area (Å²) in [5, 5.41) is 8.14. The van der Waals surface area contributed by atoms with Gasteiger partial charge in [0.25, 0.3) is 5.91 Å². The van der Waals surface area contributed by atoms with Gasteiger partial charge in [0.15, 0.2) is 0 Å². The van der Waals surface area contributed by atoms with E-state index in [0.29, 0.717) is 17.9 Å². The molecule has 1 aromatic heterocycles. The van der Waals surface area contributed by atoms with Crippen LogP contribution in [-0.4, -0.2) is 30.6 Å². The van der Waals surface area contributed by atoms with Crippen LogP contribution in [0.3, 0.4) is 0 Å². The SMILES string of the molecule is CCOC(=O)NC(C(=O)NCc1cccc(C(=O)NCc2ccco2)c1)C(C)C. The van der Waals surface area contributed by atoms with Gasteiger partial charge < -0.3 is 25.1 Å². The maximum Gasteiger partial charge on any atom is 0.407 e. The molecule has 0 aliphatic rings. The van der Waals surface area contributed by atoms with E-state index in [4.69, 9.17) is 9.15 Å². The smallest absolute Gasteiger partial charge is 0.407 e. The predicted octanol–water partition coefficient (Wildman–Crippen LogP) is 2.60. The Morgan fingerprint density at radius 3 is 2.52 bits per heavy atom. The van der Waals surface area contributed by atoms with E-state index in [9.17, 15) is 14.4 Å². The molecule has 2 aromatic rings. The second-order valence-corrected chi connectivity index (χ2v) is 6.77. The second-order valence-electron chi connectivity index (χ2n) is 6.77. The lowest BCUT2D eigenvalue weighted by Gasteiger charge is -2.21.